The molecule has 0 spiro atoms. The first-order valence-electron chi connectivity index (χ1n) is 14.1. The van der Waals surface area contributed by atoms with Crippen LogP contribution in [0.4, 0.5) is 0 Å². The van der Waals surface area contributed by atoms with Crippen molar-refractivity contribution in [1.82, 2.24) is 19.7 Å². The number of carbonyl (C=O) groups is 2. The number of benzene rings is 3. The highest BCUT2D eigenvalue weighted by Gasteiger charge is 2.49. The van der Waals surface area contributed by atoms with E-state index < -0.39 is 6.04 Å². The van der Waals surface area contributed by atoms with Gasteiger partial charge in [0.25, 0.3) is 0 Å². The zero-order valence-corrected chi connectivity index (χ0v) is 22.3. The molecule has 0 saturated carbocycles. The van der Waals surface area contributed by atoms with Gasteiger partial charge in [-0.3, -0.25) is 14.5 Å². The zero-order chi connectivity index (χ0) is 26.5. The van der Waals surface area contributed by atoms with E-state index in [2.05, 4.69) is 71.4 Å². The summed E-state index contributed by atoms with van der Waals surface area (Å²) >= 11 is 0. The number of amides is 2. The number of rotatable bonds is 4. The third kappa shape index (κ3) is 4.14. The van der Waals surface area contributed by atoms with Crippen LogP contribution in [0.2, 0.25) is 0 Å². The fourth-order valence-electron chi connectivity index (χ4n) is 7.04. The van der Waals surface area contributed by atoms with E-state index in [9.17, 15) is 9.59 Å². The second kappa shape index (κ2) is 9.69. The van der Waals surface area contributed by atoms with Crippen molar-refractivity contribution >= 4 is 22.7 Å². The maximum Gasteiger partial charge on any atom is 0.246 e. The summed E-state index contributed by atoms with van der Waals surface area (Å²) in [5.41, 5.74) is 6.80. The summed E-state index contributed by atoms with van der Waals surface area (Å²) in [5.74, 6) is 0.148. The smallest absolute Gasteiger partial charge is 0.246 e. The second-order valence-corrected chi connectivity index (χ2v) is 11.3. The normalized spacial score (nSPS) is 22.3. The molecule has 2 atom stereocenters. The molecule has 7 rings (SSSR count). The van der Waals surface area contributed by atoms with Crippen LogP contribution >= 0.6 is 0 Å². The number of aryl methyl sites for hydroxylation is 1. The van der Waals surface area contributed by atoms with Crippen molar-refractivity contribution in [2.24, 2.45) is 0 Å². The first kappa shape index (κ1) is 24.2. The van der Waals surface area contributed by atoms with Crippen molar-refractivity contribution in [1.29, 1.82) is 0 Å². The predicted molar refractivity (Wildman–Crippen MR) is 152 cm³/mol. The highest BCUT2D eigenvalue weighted by molar-refractivity contribution is 5.98. The molecule has 2 fully saturated rings. The molecule has 0 bridgehead atoms. The number of carbonyl (C=O) groups excluding carboxylic acids is 2. The molecule has 1 unspecified atom stereocenters. The number of nitrogens with one attached hydrogen (secondary N) is 1. The standard InChI is InChI=1S/C33H34N4O2/c1-22-9-5-6-12-25(22)32-31-27(26-13-7-8-14-28(26)34-31)19-29-33(39)36(21-30(38)37(29)32)24-15-17-35(18-16-24)20-23-10-3-2-4-11-23/h2-14,24,29,32,34H,15-21H2,1H3/t29-,32?/m0/s1. The van der Waals surface area contributed by atoms with Crippen LogP contribution in [0.3, 0.4) is 0 Å². The van der Waals surface area contributed by atoms with E-state index in [1.54, 1.807) is 0 Å². The Bertz CT molecular complexity index is 1540. The number of aromatic nitrogens is 1. The van der Waals surface area contributed by atoms with Crippen LogP contribution < -0.4 is 0 Å². The van der Waals surface area contributed by atoms with Gasteiger partial charge in [-0.05, 0) is 48.1 Å². The number of piperazine rings is 1. The molecule has 0 aliphatic carbocycles. The molecule has 6 heteroatoms. The molecule has 6 nitrogen and oxygen atoms in total. The maximum absolute atomic E-state index is 14.2. The predicted octanol–water partition coefficient (Wildman–Crippen LogP) is 4.83. The quantitative estimate of drug-likeness (QED) is 0.421. The third-order valence-electron chi connectivity index (χ3n) is 9.02. The van der Waals surface area contributed by atoms with Crippen molar-refractivity contribution in [2.75, 3.05) is 19.6 Å². The minimum atomic E-state index is -0.482. The number of nitrogens with zero attached hydrogens (tertiary/aromatic N) is 3. The second-order valence-electron chi connectivity index (χ2n) is 11.3. The Balaban J connectivity index is 1.19. The number of para-hydroxylation sites is 1. The van der Waals surface area contributed by atoms with Crippen molar-refractivity contribution in [3.05, 3.63) is 107 Å². The van der Waals surface area contributed by atoms with Gasteiger partial charge in [0.15, 0.2) is 0 Å². The van der Waals surface area contributed by atoms with E-state index in [0.29, 0.717) is 6.42 Å². The van der Waals surface area contributed by atoms with Gasteiger partial charge in [-0.2, -0.15) is 0 Å². The van der Waals surface area contributed by atoms with Crippen LogP contribution in [0.5, 0.6) is 0 Å². The maximum atomic E-state index is 14.2. The Morgan fingerprint density at radius 3 is 2.38 bits per heavy atom. The van der Waals surface area contributed by atoms with Crippen LogP contribution in [0.25, 0.3) is 10.9 Å². The van der Waals surface area contributed by atoms with E-state index in [1.165, 1.54) is 11.1 Å². The van der Waals surface area contributed by atoms with E-state index in [4.69, 9.17) is 0 Å². The lowest BCUT2D eigenvalue weighted by atomic mass is 9.84. The number of likely N-dealkylation sites (tertiary alicyclic amines) is 1. The molecular formula is C33H34N4O2. The molecule has 2 saturated heterocycles. The van der Waals surface area contributed by atoms with E-state index >= 15 is 0 Å². The van der Waals surface area contributed by atoms with Crippen molar-refractivity contribution in [2.45, 2.75) is 50.9 Å². The summed E-state index contributed by atoms with van der Waals surface area (Å²) in [6, 6.07) is 26.4. The molecule has 1 aromatic heterocycles. The number of aromatic amines is 1. The molecule has 1 N–H and O–H groups in total. The summed E-state index contributed by atoms with van der Waals surface area (Å²) in [7, 11) is 0. The van der Waals surface area contributed by atoms with Crippen LogP contribution in [0.1, 0.15) is 46.8 Å². The Morgan fingerprint density at radius 1 is 0.872 bits per heavy atom. The largest absolute Gasteiger partial charge is 0.356 e. The van der Waals surface area contributed by atoms with Gasteiger partial charge in [-0.25, -0.2) is 0 Å². The van der Waals surface area contributed by atoms with Gasteiger partial charge < -0.3 is 14.8 Å². The summed E-state index contributed by atoms with van der Waals surface area (Å²) < 4.78 is 0. The van der Waals surface area contributed by atoms with E-state index in [-0.39, 0.29) is 30.4 Å². The minimum absolute atomic E-state index is 0.0453. The van der Waals surface area contributed by atoms with Crippen molar-refractivity contribution in [3.8, 4) is 0 Å². The fourth-order valence-corrected chi connectivity index (χ4v) is 7.04. The molecule has 4 heterocycles. The summed E-state index contributed by atoms with van der Waals surface area (Å²) in [6.07, 6.45) is 2.35. The van der Waals surface area contributed by atoms with Gasteiger partial charge in [-0.1, -0.05) is 72.8 Å². The molecule has 3 aromatic carbocycles. The minimum Gasteiger partial charge on any atom is -0.356 e. The summed E-state index contributed by atoms with van der Waals surface area (Å²) in [6.45, 7) is 5.05. The first-order chi connectivity index (χ1) is 19.1. The number of piperidine rings is 1. The summed E-state index contributed by atoms with van der Waals surface area (Å²) in [5, 5.41) is 1.15. The van der Waals surface area contributed by atoms with Crippen LogP contribution in [-0.2, 0) is 22.6 Å². The van der Waals surface area contributed by atoms with Gasteiger partial charge >= 0.3 is 0 Å². The monoisotopic (exact) mass is 518 g/mol. The zero-order valence-electron chi connectivity index (χ0n) is 22.3. The lowest BCUT2D eigenvalue weighted by molar-refractivity contribution is -0.161. The highest BCUT2D eigenvalue weighted by Crippen LogP contribution is 2.43. The van der Waals surface area contributed by atoms with Gasteiger partial charge in [0.05, 0.1) is 6.04 Å². The van der Waals surface area contributed by atoms with E-state index in [0.717, 1.165) is 60.2 Å². The Kier molecular flexibility index (Phi) is 6.00. The molecule has 3 aliphatic rings. The molecule has 39 heavy (non-hydrogen) atoms. The topological polar surface area (TPSA) is 59.7 Å². The SMILES string of the molecule is Cc1ccccc1C1c2[nH]c3ccccc3c2C[C@H]2C(=O)N(C3CCN(Cc4ccccc4)CC3)CC(=O)N12. The average molecular weight is 519 g/mol. The Labute approximate surface area is 229 Å². The molecule has 4 aromatic rings. The Hall–Kier alpha value is -3.90. The van der Waals surface area contributed by atoms with Gasteiger partial charge in [0.1, 0.15) is 12.6 Å². The molecule has 3 aliphatic heterocycles. The molecular weight excluding hydrogens is 484 g/mol. The van der Waals surface area contributed by atoms with Crippen LogP contribution in [0.15, 0.2) is 78.9 Å². The number of H-pyrrole nitrogens is 1. The van der Waals surface area contributed by atoms with Crippen molar-refractivity contribution < 1.29 is 9.59 Å². The molecule has 0 radical (unpaired) electrons. The number of hydrogen-bond donors (Lipinski definition) is 1. The lowest BCUT2D eigenvalue weighted by Gasteiger charge is -2.50. The summed E-state index contributed by atoms with van der Waals surface area (Å²) in [4.78, 5) is 38.1. The Morgan fingerprint density at radius 2 is 1.59 bits per heavy atom. The average Bonchev–Trinajstić information content (AvgIpc) is 3.34. The highest BCUT2D eigenvalue weighted by atomic mass is 16.2. The molecule has 198 valence electrons. The number of hydrogen-bond acceptors (Lipinski definition) is 3. The van der Waals surface area contributed by atoms with E-state index in [1.807, 2.05) is 34.1 Å². The third-order valence-corrected chi connectivity index (χ3v) is 9.02. The van der Waals surface area contributed by atoms with Crippen LogP contribution in [-0.4, -0.2) is 63.2 Å². The fraction of sp³-hybridized carbons (Fsp3) is 0.333. The first-order valence-corrected chi connectivity index (χ1v) is 14.1. The van der Waals surface area contributed by atoms with Crippen LogP contribution in [0, 0.1) is 6.92 Å². The van der Waals surface area contributed by atoms with Gasteiger partial charge in [0.2, 0.25) is 11.8 Å². The number of fused-ring (bicyclic) bond motifs is 4. The van der Waals surface area contributed by atoms with Crippen molar-refractivity contribution in [3.63, 3.8) is 0 Å². The lowest BCUT2D eigenvalue weighted by Crippen LogP contribution is -2.65. The molecule has 2 amide bonds. The van der Waals surface area contributed by atoms with Gasteiger partial charge in [-0.15, -0.1) is 0 Å². The van der Waals surface area contributed by atoms with Gasteiger partial charge in [0, 0.05) is 48.7 Å².